The van der Waals surface area contributed by atoms with E-state index in [1.807, 2.05) is 37.2 Å². The molecule has 0 saturated carbocycles. The van der Waals surface area contributed by atoms with Crippen LogP contribution in [0.25, 0.3) is 0 Å². The Morgan fingerprint density at radius 3 is 2.50 bits per heavy atom. The molecule has 0 spiro atoms. The minimum Gasteiger partial charge on any atom is -0.497 e. The summed E-state index contributed by atoms with van der Waals surface area (Å²) in [6.07, 6.45) is 3.84. The van der Waals surface area contributed by atoms with E-state index in [-0.39, 0.29) is 0 Å². The smallest absolute Gasteiger partial charge is 0.191 e. The zero-order chi connectivity index (χ0) is 22.8. The number of aromatic nitrogens is 1. The lowest BCUT2D eigenvalue weighted by molar-refractivity contribution is 0.164. The standard InChI is InChI=1S/C25H38N6O/c1-5-26-25(27-18-21-10-9-11-24(29-21)30(2)3)28-19-23(31-16-7-6-8-17-31)20-12-14-22(32-4)15-13-20/h9-15,23H,5-8,16-19H2,1-4H3,(H2,26,27,28). The van der Waals surface area contributed by atoms with Gasteiger partial charge < -0.3 is 20.3 Å². The molecule has 1 aliphatic heterocycles. The largest absolute Gasteiger partial charge is 0.497 e. The van der Waals surface area contributed by atoms with Gasteiger partial charge in [0.05, 0.1) is 25.4 Å². The van der Waals surface area contributed by atoms with Crippen molar-refractivity contribution in [1.29, 1.82) is 0 Å². The number of rotatable bonds is 9. The Morgan fingerprint density at radius 2 is 1.84 bits per heavy atom. The fourth-order valence-electron chi connectivity index (χ4n) is 4.01. The molecule has 1 aromatic carbocycles. The second-order valence-corrected chi connectivity index (χ2v) is 8.34. The first-order chi connectivity index (χ1) is 15.6. The van der Waals surface area contributed by atoms with Gasteiger partial charge in [0, 0.05) is 27.2 Å². The minimum atomic E-state index is 0.292. The van der Waals surface area contributed by atoms with Crippen LogP contribution in [0, 0.1) is 0 Å². The Balaban J connectivity index is 1.71. The van der Waals surface area contributed by atoms with Gasteiger partial charge in [-0.1, -0.05) is 24.6 Å². The van der Waals surface area contributed by atoms with Crippen LogP contribution >= 0.6 is 0 Å². The summed E-state index contributed by atoms with van der Waals surface area (Å²) in [4.78, 5) is 14.1. The molecule has 2 aromatic rings. The van der Waals surface area contributed by atoms with Crippen molar-refractivity contribution in [3.63, 3.8) is 0 Å². The Hall–Kier alpha value is -2.80. The average molecular weight is 439 g/mol. The molecule has 1 aliphatic rings. The van der Waals surface area contributed by atoms with Gasteiger partial charge in [-0.2, -0.15) is 0 Å². The monoisotopic (exact) mass is 438 g/mol. The third-order valence-corrected chi connectivity index (χ3v) is 5.79. The van der Waals surface area contributed by atoms with Crippen molar-refractivity contribution in [1.82, 2.24) is 20.5 Å². The van der Waals surface area contributed by atoms with Gasteiger partial charge in [0.1, 0.15) is 11.6 Å². The number of hydrogen-bond donors (Lipinski definition) is 2. The number of hydrogen-bond acceptors (Lipinski definition) is 5. The lowest BCUT2D eigenvalue weighted by Gasteiger charge is -2.35. The van der Waals surface area contributed by atoms with Crippen LogP contribution in [-0.4, -0.2) is 63.2 Å². The quantitative estimate of drug-likeness (QED) is 0.462. The van der Waals surface area contributed by atoms with Crippen molar-refractivity contribution in [2.24, 2.45) is 4.99 Å². The maximum atomic E-state index is 5.35. The fraction of sp³-hybridized carbons (Fsp3) is 0.520. The summed E-state index contributed by atoms with van der Waals surface area (Å²) in [5.74, 6) is 2.65. The molecular formula is C25H38N6O. The molecule has 1 atom stereocenters. The van der Waals surface area contributed by atoms with E-state index >= 15 is 0 Å². The zero-order valence-electron chi connectivity index (χ0n) is 20.0. The predicted molar refractivity (Wildman–Crippen MR) is 133 cm³/mol. The minimum absolute atomic E-state index is 0.292. The number of nitrogens with one attached hydrogen (secondary N) is 2. The SMILES string of the molecule is CCNC(=NCc1cccc(N(C)C)n1)NCC(c1ccc(OC)cc1)N1CCCCC1. The molecule has 1 saturated heterocycles. The third kappa shape index (κ3) is 6.85. The predicted octanol–water partition coefficient (Wildman–Crippen LogP) is 3.44. The van der Waals surface area contributed by atoms with Crippen LogP contribution in [0.2, 0.25) is 0 Å². The molecule has 0 aliphatic carbocycles. The summed E-state index contributed by atoms with van der Waals surface area (Å²) in [6, 6.07) is 14.8. The van der Waals surface area contributed by atoms with Gasteiger partial charge >= 0.3 is 0 Å². The van der Waals surface area contributed by atoms with Crippen LogP contribution in [0.5, 0.6) is 5.75 Å². The molecule has 174 valence electrons. The van der Waals surface area contributed by atoms with E-state index in [0.717, 1.165) is 49.4 Å². The number of nitrogens with zero attached hydrogens (tertiary/aromatic N) is 4. The summed E-state index contributed by atoms with van der Waals surface area (Å²) in [7, 11) is 5.71. The second kappa shape index (κ2) is 12.3. The number of piperidine rings is 1. The zero-order valence-corrected chi connectivity index (χ0v) is 20.0. The number of aliphatic imine (C=N–C) groups is 1. The topological polar surface area (TPSA) is 65.0 Å². The Morgan fingerprint density at radius 1 is 1.09 bits per heavy atom. The highest BCUT2D eigenvalue weighted by molar-refractivity contribution is 5.79. The van der Waals surface area contributed by atoms with E-state index in [4.69, 9.17) is 9.73 Å². The number of benzene rings is 1. The lowest BCUT2D eigenvalue weighted by Crippen LogP contribution is -2.44. The first-order valence-electron chi connectivity index (χ1n) is 11.6. The number of anilines is 1. The maximum Gasteiger partial charge on any atom is 0.191 e. The van der Waals surface area contributed by atoms with Crippen LogP contribution < -0.4 is 20.3 Å². The van der Waals surface area contributed by atoms with Crippen LogP contribution in [0.3, 0.4) is 0 Å². The van der Waals surface area contributed by atoms with Gasteiger partial charge in [0.15, 0.2) is 5.96 Å². The molecule has 0 bridgehead atoms. The Labute approximate surface area is 192 Å². The summed E-state index contributed by atoms with van der Waals surface area (Å²) in [6.45, 7) is 6.50. The summed E-state index contributed by atoms with van der Waals surface area (Å²) >= 11 is 0. The van der Waals surface area contributed by atoms with Crippen molar-refractivity contribution in [3.8, 4) is 5.75 Å². The van der Waals surface area contributed by atoms with Gasteiger partial charge in [0.2, 0.25) is 0 Å². The van der Waals surface area contributed by atoms with E-state index in [1.165, 1.54) is 24.8 Å². The molecule has 7 nitrogen and oxygen atoms in total. The normalized spacial score (nSPS) is 15.8. The number of pyridine rings is 1. The van der Waals surface area contributed by atoms with Gasteiger partial charge in [-0.05, 0) is 62.7 Å². The van der Waals surface area contributed by atoms with E-state index < -0.39 is 0 Å². The molecule has 1 fully saturated rings. The van der Waals surface area contributed by atoms with E-state index in [0.29, 0.717) is 12.6 Å². The lowest BCUT2D eigenvalue weighted by atomic mass is 10.0. The highest BCUT2D eigenvalue weighted by Gasteiger charge is 2.22. The van der Waals surface area contributed by atoms with Crippen LogP contribution in [-0.2, 0) is 6.54 Å². The Kier molecular flexibility index (Phi) is 9.16. The highest BCUT2D eigenvalue weighted by atomic mass is 16.5. The molecule has 3 rings (SSSR count). The van der Waals surface area contributed by atoms with Crippen molar-refractivity contribution in [2.75, 3.05) is 52.3 Å². The van der Waals surface area contributed by atoms with Crippen LogP contribution in [0.4, 0.5) is 5.82 Å². The van der Waals surface area contributed by atoms with Crippen molar-refractivity contribution < 1.29 is 4.74 Å². The Bertz CT molecular complexity index is 846. The highest BCUT2D eigenvalue weighted by Crippen LogP contribution is 2.25. The number of guanidine groups is 1. The van der Waals surface area contributed by atoms with Crippen LogP contribution in [0.1, 0.15) is 43.5 Å². The van der Waals surface area contributed by atoms with Crippen molar-refractivity contribution >= 4 is 11.8 Å². The van der Waals surface area contributed by atoms with E-state index in [2.05, 4.69) is 51.7 Å². The molecule has 1 aromatic heterocycles. The average Bonchev–Trinajstić information content (AvgIpc) is 2.83. The first-order valence-corrected chi connectivity index (χ1v) is 11.6. The van der Waals surface area contributed by atoms with Crippen molar-refractivity contribution in [3.05, 3.63) is 53.7 Å². The first kappa shape index (κ1) is 23.9. The molecule has 2 N–H and O–H groups in total. The second-order valence-electron chi connectivity index (χ2n) is 8.34. The number of likely N-dealkylation sites (tertiary alicyclic amines) is 1. The summed E-state index contributed by atoms with van der Waals surface area (Å²) in [5.41, 5.74) is 2.26. The van der Waals surface area contributed by atoms with Gasteiger partial charge in [-0.3, -0.25) is 4.90 Å². The molecule has 32 heavy (non-hydrogen) atoms. The van der Waals surface area contributed by atoms with Gasteiger partial charge in [0.25, 0.3) is 0 Å². The van der Waals surface area contributed by atoms with Gasteiger partial charge in [-0.15, -0.1) is 0 Å². The molecule has 2 heterocycles. The third-order valence-electron chi connectivity index (χ3n) is 5.79. The van der Waals surface area contributed by atoms with E-state index in [9.17, 15) is 0 Å². The van der Waals surface area contributed by atoms with Crippen molar-refractivity contribution in [2.45, 2.75) is 38.8 Å². The van der Waals surface area contributed by atoms with E-state index in [1.54, 1.807) is 7.11 Å². The van der Waals surface area contributed by atoms with Crippen LogP contribution in [0.15, 0.2) is 47.5 Å². The number of ether oxygens (including phenoxy) is 1. The molecule has 0 radical (unpaired) electrons. The number of methoxy groups -OCH3 is 1. The summed E-state index contributed by atoms with van der Waals surface area (Å²) in [5, 5.41) is 6.96. The maximum absolute atomic E-state index is 5.35. The molecule has 7 heteroatoms. The molecule has 1 unspecified atom stereocenters. The summed E-state index contributed by atoms with van der Waals surface area (Å²) < 4.78 is 5.35. The molecule has 0 amide bonds. The van der Waals surface area contributed by atoms with Gasteiger partial charge in [-0.25, -0.2) is 9.98 Å². The fourth-order valence-corrected chi connectivity index (χ4v) is 4.01. The molecular weight excluding hydrogens is 400 g/mol.